The Hall–Kier alpha value is -3.33. The third kappa shape index (κ3) is 2.36. The molecule has 0 aliphatic heterocycles. The molecule has 1 aromatic carbocycles. The van der Waals surface area contributed by atoms with E-state index in [-0.39, 0.29) is 33.9 Å². The SMILES string of the molecule is NOc1c(C2=CC(N=O)=C(N)CC2)oc2cccc(N=O)c2c1=O. The molecule has 1 heterocycles. The predicted molar refractivity (Wildman–Crippen MR) is 87.0 cm³/mol. The van der Waals surface area contributed by atoms with E-state index < -0.39 is 5.43 Å². The summed E-state index contributed by atoms with van der Waals surface area (Å²) in [5.41, 5.74) is 6.04. The minimum atomic E-state index is -0.631. The summed E-state index contributed by atoms with van der Waals surface area (Å²) in [4.78, 5) is 39.0. The minimum absolute atomic E-state index is 0.0306. The van der Waals surface area contributed by atoms with Gasteiger partial charge in [-0.2, -0.15) is 5.90 Å². The lowest BCUT2D eigenvalue weighted by molar-refractivity contribution is 0.318. The van der Waals surface area contributed by atoms with Crippen molar-refractivity contribution in [3.05, 3.63) is 61.5 Å². The van der Waals surface area contributed by atoms with E-state index in [2.05, 4.69) is 15.2 Å². The number of hydrogen-bond donors (Lipinski definition) is 2. The zero-order valence-electron chi connectivity index (χ0n) is 12.3. The summed E-state index contributed by atoms with van der Waals surface area (Å²) < 4.78 is 5.70. The zero-order valence-corrected chi connectivity index (χ0v) is 12.3. The normalized spacial score (nSPS) is 14.5. The number of nitrogens with two attached hydrogens (primary N) is 2. The molecule has 0 unspecified atom stereocenters. The average molecular weight is 328 g/mol. The van der Waals surface area contributed by atoms with Crippen LogP contribution in [-0.2, 0) is 0 Å². The molecule has 24 heavy (non-hydrogen) atoms. The van der Waals surface area contributed by atoms with E-state index in [1.807, 2.05) is 0 Å². The minimum Gasteiger partial charge on any atom is -0.452 e. The fourth-order valence-corrected chi connectivity index (χ4v) is 2.59. The molecule has 4 N–H and O–H groups in total. The zero-order chi connectivity index (χ0) is 17.3. The number of fused-ring (bicyclic) bond motifs is 1. The van der Waals surface area contributed by atoms with Crippen molar-refractivity contribution in [3.8, 4) is 5.75 Å². The third-order valence-corrected chi connectivity index (χ3v) is 3.77. The Morgan fingerprint density at radius 3 is 2.62 bits per heavy atom. The summed E-state index contributed by atoms with van der Waals surface area (Å²) in [6, 6.07) is 4.42. The van der Waals surface area contributed by atoms with Gasteiger partial charge in [-0.05, 0) is 41.4 Å². The van der Waals surface area contributed by atoms with Crippen molar-refractivity contribution < 1.29 is 9.25 Å². The highest BCUT2D eigenvalue weighted by Crippen LogP contribution is 2.36. The molecule has 1 aliphatic carbocycles. The first kappa shape index (κ1) is 15.6. The van der Waals surface area contributed by atoms with Crippen LogP contribution in [0.5, 0.6) is 5.75 Å². The molecular weight excluding hydrogens is 316 g/mol. The first-order valence-corrected chi connectivity index (χ1v) is 6.93. The molecule has 0 saturated heterocycles. The Balaban J connectivity index is 2.32. The van der Waals surface area contributed by atoms with Gasteiger partial charge in [0.25, 0.3) is 0 Å². The lowest BCUT2D eigenvalue weighted by atomic mass is 9.97. The number of benzene rings is 1. The molecule has 0 saturated carbocycles. The maximum absolute atomic E-state index is 12.6. The van der Waals surface area contributed by atoms with Crippen LogP contribution >= 0.6 is 0 Å². The summed E-state index contributed by atoms with van der Waals surface area (Å²) in [7, 11) is 0. The van der Waals surface area contributed by atoms with Crippen molar-refractivity contribution in [2.75, 3.05) is 0 Å². The van der Waals surface area contributed by atoms with Crippen LogP contribution in [0.4, 0.5) is 5.69 Å². The molecule has 1 aromatic heterocycles. The second-order valence-electron chi connectivity index (χ2n) is 5.12. The van der Waals surface area contributed by atoms with Crippen LogP contribution in [0.1, 0.15) is 18.6 Å². The summed E-state index contributed by atoms with van der Waals surface area (Å²) in [6.45, 7) is 0. The van der Waals surface area contributed by atoms with Crippen LogP contribution in [0, 0.1) is 9.81 Å². The van der Waals surface area contributed by atoms with Gasteiger partial charge in [-0.25, -0.2) is 0 Å². The van der Waals surface area contributed by atoms with Crippen LogP contribution < -0.4 is 21.9 Å². The molecule has 0 atom stereocenters. The van der Waals surface area contributed by atoms with Crippen LogP contribution in [0.15, 0.2) is 55.2 Å². The molecule has 0 fully saturated rings. The summed E-state index contributed by atoms with van der Waals surface area (Å²) >= 11 is 0. The van der Waals surface area contributed by atoms with Gasteiger partial charge in [0.2, 0.25) is 11.2 Å². The van der Waals surface area contributed by atoms with Crippen LogP contribution in [-0.4, -0.2) is 0 Å². The summed E-state index contributed by atoms with van der Waals surface area (Å²) in [6.07, 6.45) is 2.19. The number of allylic oxidation sites excluding steroid dienone is 3. The molecule has 1 aliphatic rings. The molecule has 2 aromatic rings. The van der Waals surface area contributed by atoms with Crippen molar-refractivity contribution in [3.63, 3.8) is 0 Å². The Morgan fingerprint density at radius 1 is 1.17 bits per heavy atom. The van der Waals surface area contributed by atoms with E-state index >= 15 is 0 Å². The lowest BCUT2D eigenvalue weighted by Gasteiger charge is -2.15. The first-order chi connectivity index (χ1) is 11.6. The molecule has 0 spiro atoms. The van der Waals surface area contributed by atoms with Gasteiger partial charge in [0.1, 0.15) is 17.0 Å². The molecule has 9 heteroatoms. The molecule has 0 amide bonds. The maximum atomic E-state index is 12.6. The van der Waals surface area contributed by atoms with E-state index in [0.717, 1.165) is 0 Å². The van der Waals surface area contributed by atoms with Gasteiger partial charge >= 0.3 is 0 Å². The van der Waals surface area contributed by atoms with Crippen LogP contribution in [0.2, 0.25) is 0 Å². The Kier molecular flexibility index (Phi) is 3.92. The molecular formula is C15H12N4O5. The van der Waals surface area contributed by atoms with Gasteiger partial charge in [-0.3, -0.25) is 4.79 Å². The number of nitrogens with zero attached hydrogens (tertiary/aromatic N) is 2. The van der Waals surface area contributed by atoms with Gasteiger partial charge in [-0.15, -0.1) is 9.81 Å². The van der Waals surface area contributed by atoms with E-state index in [9.17, 15) is 14.6 Å². The molecule has 9 nitrogen and oxygen atoms in total. The number of hydrogen-bond acceptors (Lipinski definition) is 9. The summed E-state index contributed by atoms with van der Waals surface area (Å²) in [5.74, 6) is 5.00. The second-order valence-corrected chi connectivity index (χ2v) is 5.12. The van der Waals surface area contributed by atoms with E-state index in [0.29, 0.717) is 24.1 Å². The van der Waals surface area contributed by atoms with Crippen LogP contribution in [0.25, 0.3) is 16.5 Å². The average Bonchev–Trinajstić information content (AvgIpc) is 2.61. The summed E-state index contributed by atoms with van der Waals surface area (Å²) in [5, 5.41) is 5.63. The smallest absolute Gasteiger partial charge is 0.240 e. The molecule has 3 rings (SSSR count). The van der Waals surface area contributed by atoms with Gasteiger partial charge in [0.15, 0.2) is 5.76 Å². The fourth-order valence-electron chi connectivity index (χ4n) is 2.59. The van der Waals surface area contributed by atoms with Gasteiger partial charge < -0.3 is 15.0 Å². The topological polar surface area (TPSA) is 150 Å². The standard InChI is InChI=1S/C15H12N4O5/c16-8-5-4-7(6-10(8)19-22)14-15(24-17)13(20)12-9(18-21)2-1-3-11(12)23-14/h1-3,6H,4-5,16-17H2. The Labute approximate surface area is 134 Å². The highest BCUT2D eigenvalue weighted by molar-refractivity contribution is 5.90. The number of nitroso groups, excluding NO2 is 2. The second kappa shape index (κ2) is 6.05. The third-order valence-electron chi connectivity index (χ3n) is 3.77. The fraction of sp³-hybridized carbons (Fsp3) is 0.133. The Bertz CT molecular complexity index is 974. The van der Waals surface area contributed by atoms with E-state index in [4.69, 9.17) is 16.0 Å². The molecule has 0 radical (unpaired) electrons. The van der Waals surface area contributed by atoms with E-state index in [1.165, 1.54) is 24.3 Å². The van der Waals surface area contributed by atoms with Gasteiger partial charge in [0, 0.05) is 11.3 Å². The van der Waals surface area contributed by atoms with Crippen molar-refractivity contribution in [2.24, 2.45) is 22.0 Å². The largest absolute Gasteiger partial charge is 0.452 e. The molecule has 0 bridgehead atoms. The molecule has 122 valence electrons. The monoisotopic (exact) mass is 328 g/mol. The predicted octanol–water partition coefficient (Wildman–Crippen LogP) is 2.56. The van der Waals surface area contributed by atoms with Crippen LogP contribution in [0.3, 0.4) is 0 Å². The lowest BCUT2D eigenvalue weighted by Crippen LogP contribution is -2.16. The number of rotatable bonds is 4. The Morgan fingerprint density at radius 2 is 1.96 bits per heavy atom. The van der Waals surface area contributed by atoms with Gasteiger partial charge in [-0.1, -0.05) is 6.07 Å². The highest BCUT2D eigenvalue weighted by atomic mass is 16.6. The van der Waals surface area contributed by atoms with Crippen molar-refractivity contribution in [1.82, 2.24) is 0 Å². The first-order valence-electron chi connectivity index (χ1n) is 6.93. The maximum Gasteiger partial charge on any atom is 0.240 e. The van der Waals surface area contributed by atoms with Crippen molar-refractivity contribution in [2.45, 2.75) is 12.8 Å². The van der Waals surface area contributed by atoms with Gasteiger partial charge in [0.05, 0.1) is 5.39 Å². The quantitative estimate of drug-likeness (QED) is 0.646. The highest BCUT2D eigenvalue weighted by Gasteiger charge is 2.24. The van der Waals surface area contributed by atoms with Crippen molar-refractivity contribution >= 4 is 22.2 Å². The van der Waals surface area contributed by atoms with Crippen molar-refractivity contribution in [1.29, 1.82) is 0 Å². The van der Waals surface area contributed by atoms with E-state index in [1.54, 1.807) is 0 Å².